The van der Waals surface area contributed by atoms with Crippen LogP contribution in [0.2, 0.25) is 0 Å². The van der Waals surface area contributed by atoms with Gasteiger partial charge in [-0.3, -0.25) is 0 Å². The van der Waals surface area contributed by atoms with Gasteiger partial charge in [-0.05, 0) is 0 Å². The van der Waals surface area contributed by atoms with Gasteiger partial charge in [0, 0.05) is 30.6 Å². The number of esters is 3. The van der Waals surface area contributed by atoms with Crippen molar-refractivity contribution >= 4 is 17.9 Å². The molecule has 0 N–H and O–H groups in total. The first kappa shape index (κ1) is 26.1. The summed E-state index contributed by atoms with van der Waals surface area (Å²) in [5.41, 5.74) is 0. The Morgan fingerprint density at radius 3 is 1.66 bits per heavy atom. The number of rotatable bonds is 14. The Labute approximate surface area is 165 Å². The highest BCUT2D eigenvalue weighted by Crippen LogP contribution is 2.42. The highest BCUT2D eigenvalue weighted by molar-refractivity contribution is 5.82. The second-order valence-corrected chi connectivity index (χ2v) is 5.74. The molecule has 0 aliphatic heterocycles. The maximum atomic E-state index is 14.3. The largest absolute Gasteiger partial charge is 0.462 e. The van der Waals surface area contributed by atoms with Gasteiger partial charge in [0.15, 0.2) is 0 Å². The lowest BCUT2D eigenvalue weighted by atomic mass is 9.94. The molecule has 2 atom stereocenters. The molecule has 0 saturated heterocycles. The van der Waals surface area contributed by atoms with Gasteiger partial charge in [-0.25, -0.2) is 14.4 Å². The Morgan fingerprint density at radius 1 is 0.759 bits per heavy atom. The molecule has 0 spiro atoms. The molecule has 0 bridgehead atoms. The molecular formula is C19H22F4O6. The fraction of sp³-hybridized carbons (Fsp3) is 0.421. The molecule has 0 rings (SSSR count). The number of hydrogen-bond acceptors (Lipinski definition) is 6. The summed E-state index contributed by atoms with van der Waals surface area (Å²) < 4.78 is 70.7. The van der Waals surface area contributed by atoms with Crippen LogP contribution >= 0.6 is 0 Å². The van der Waals surface area contributed by atoms with Gasteiger partial charge in [0.1, 0.15) is 12.7 Å². The van der Waals surface area contributed by atoms with E-state index < -0.39 is 67.8 Å². The lowest BCUT2D eigenvalue weighted by Crippen LogP contribution is -2.46. The number of hydrogen-bond donors (Lipinski definition) is 0. The molecule has 0 heterocycles. The quantitative estimate of drug-likeness (QED) is 0.140. The summed E-state index contributed by atoms with van der Waals surface area (Å²) in [5, 5.41) is 0. The molecule has 0 aliphatic rings. The van der Waals surface area contributed by atoms with E-state index in [-0.39, 0.29) is 0 Å². The van der Waals surface area contributed by atoms with Gasteiger partial charge in [0.05, 0.1) is 13.0 Å². The number of carbonyl (C=O) groups excluding carboxylic acids is 3. The number of ether oxygens (including phenoxy) is 3. The van der Waals surface area contributed by atoms with Crippen LogP contribution in [0.3, 0.4) is 0 Å². The maximum Gasteiger partial charge on any atom is 0.330 e. The lowest BCUT2D eigenvalue weighted by molar-refractivity contribution is -0.232. The van der Waals surface area contributed by atoms with Crippen LogP contribution in [0.4, 0.5) is 17.6 Å². The van der Waals surface area contributed by atoms with Crippen LogP contribution < -0.4 is 0 Å². The first-order chi connectivity index (χ1) is 13.4. The van der Waals surface area contributed by atoms with E-state index in [0.717, 1.165) is 18.2 Å². The Bertz CT molecular complexity index is 645. The fourth-order valence-electron chi connectivity index (χ4n) is 1.95. The van der Waals surface area contributed by atoms with Crippen LogP contribution in [-0.4, -0.2) is 49.1 Å². The molecule has 0 saturated carbocycles. The van der Waals surface area contributed by atoms with Gasteiger partial charge in [-0.1, -0.05) is 25.8 Å². The monoisotopic (exact) mass is 422 g/mol. The SMILES string of the molecule is C=CC(=O)OCC(C=C)CC(F)(F)C(F)(F)CC(COC(=O)C=C)OC(=O)C=C. The molecule has 0 amide bonds. The maximum absolute atomic E-state index is 14.3. The van der Waals surface area contributed by atoms with E-state index >= 15 is 0 Å². The van der Waals surface area contributed by atoms with Crippen LogP contribution in [-0.2, 0) is 28.6 Å². The third-order valence-electron chi connectivity index (χ3n) is 3.51. The van der Waals surface area contributed by atoms with Crippen molar-refractivity contribution in [2.24, 2.45) is 5.92 Å². The average Bonchev–Trinajstić information content (AvgIpc) is 2.67. The molecule has 0 fully saturated rings. The molecule has 0 aromatic carbocycles. The van der Waals surface area contributed by atoms with Gasteiger partial charge >= 0.3 is 29.8 Å². The van der Waals surface area contributed by atoms with Crippen molar-refractivity contribution in [1.82, 2.24) is 0 Å². The van der Waals surface area contributed by atoms with Gasteiger partial charge in [0.2, 0.25) is 0 Å². The van der Waals surface area contributed by atoms with Crippen molar-refractivity contribution in [3.05, 3.63) is 50.6 Å². The summed E-state index contributed by atoms with van der Waals surface area (Å²) in [6, 6.07) is 0. The Morgan fingerprint density at radius 2 is 1.21 bits per heavy atom. The molecule has 6 nitrogen and oxygen atoms in total. The predicted molar refractivity (Wildman–Crippen MR) is 95.2 cm³/mol. The van der Waals surface area contributed by atoms with Crippen LogP contribution in [0.25, 0.3) is 0 Å². The smallest absolute Gasteiger partial charge is 0.330 e. The highest BCUT2D eigenvalue weighted by atomic mass is 19.3. The fourth-order valence-corrected chi connectivity index (χ4v) is 1.95. The number of halogens is 4. The summed E-state index contributed by atoms with van der Waals surface area (Å²) in [5.74, 6) is -13.6. The molecule has 0 aromatic heterocycles. The highest BCUT2D eigenvalue weighted by Gasteiger charge is 2.57. The standard InChI is InChI=1S/C19H22F4O6/c1-5-13(11-27-15(24)6-2)9-18(20,21)19(22,23)10-14(29-17(26)8-4)12-28-16(25)7-3/h5-8,13-14H,1-4,9-12H2. The van der Waals surface area contributed by atoms with E-state index in [0.29, 0.717) is 6.08 Å². The predicted octanol–water partition coefficient (Wildman–Crippen LogP) is 3.40. The summed E-state index contributed by atoms with van der Waals surface area (Å²) in [7, 11) is 0. The Balaban J connectivity index is 5.27. The van der Waals surface area contributed by atoms with Crippen LogP contribution in [0, 0.1) is 5.92 Å². The minimum Gasteiger partial charge on any atom is -0.462 e. The van der Waals surface area contributed by atoms with Crippen molar-refractivity contribution in [2.45, 2.75) is 30.8 Å². The average molecular weight is 422 g/mol. The van der Waals surface area contributed by atoms with Gasteiger partial charge in [-0.15, -0.1) is 6.58 Å². The van der Waals surface area contributed by atoms with Gasteiger partial charge in [-0.2, -0.15) is 17.6 Å². The van der Waals surface area contributed by atoms with E-state index in [9.17, 15) is 31.9 Å². The topological polar surface area (TPSA) is 78.9 Å². The first-order valence-corrected chi connectivity index (χ1v) is 8.22. The molecule has 2 unspecified atom stereocenters. The van der Waals surface area contributed by atoms with E-state index in [1.54, 1.807) is 0 Å². The van der Waals surface area contributed by atoms with Crippen molar-refractivity contribution in [1.29, 1.82) is 0 Å². The van der Waals surface area contributed by atoms with Crippen molar-refractivity contribution in [3.63, 3.8) is 0 Å². The van der Waals surface area contributed by atoms with E-state index in [1.165, 1.54) is 0 Å². The van der Waals surface area contributed by atoms with Crippen LogP contribution in [0.5, 0.6) is 0 Å². The number of alkyl halides is 4. The Hall–Kier alpha value is -2.91. The third-order valence-corrected chi connectivity index (χ3v) is 3.51. The zero-order valence-corrected chi connectivity index (χ0v) is 15.6. The summed E-state index contributed by atoms with van der Waals surface area (Å²) in [6.45, 7) is 11.0. The normalized spacial score (nSPS) is 13.4. The third kappa shape index (κ3) is 9.22. The lowest BCUT2D eigenvalue weighted by Gasteiger charge is -2.31. The molecular weight excluding hydrogens is 400 g/mol. The molecule has 0 aromatic rings. The zero-order valence-electron chi connectivity index (χ0n) is 15.6. The molecule has 29 heavy (non-hydrogen) atoms. The number of carbonyl (C=O) groups is 3. The van der Waals surface area contributed by atoms with Crippen molar-refractivity contribution < 1.29 is 46.2 Å². The Kier molecular flexibility index (Phi) is 10.6. The van der Waals surface area contributed by atoms with Crippen LogP contribution in [0.15, 0.2) is 50.6 Å². The molecule has 0 radical (unpaired) electrons. The van der Waals surface area contributed by atoms with Crippen LogP contribution in [0.1, 0.15) is 12.8 Å². The van der Waals surface area contributed by atoms with E-state index in [2.05, 4.69) is 40.5 Å². The minimum absolute atomic E-state index is 0.605. The van der Waals surface area contributed by atoms with Crippen molar-refractivity contribution in [3.8, 4) is 0 Å². The molecule has 162 valence electrons. The second-order valence-electron chi connectivity index (χ2n) is 5.74. The van der Waals surface area contributed by atoms with E-state index in [4.69, 9.17) is 0 Å². The van der Waals surface area contributed by atoms with E-state index in [1.807, 2.05) is 0 Å². The minimum atomic E-state index is -4.66. The second kappa shape index (κ2) is 11.8. The van der Waals surface area contributed by atoms with Crippen molar-refractivity contribution in [2.75, 3.05) is 13.2 Å². The molecule has 0 aliphatic carbocycles. The summed E-state index contributed by atoms with van der Waals surface area (Å²) in [6.07, 6.45) is -1.81. The molecule has 10 heteroatoms. The summed E-state index contributed by atoms with van der Waals surface area (Å²) >= 11 is 0. The first-order valence-electron chi connectivity index (χ1n) is 8.22. The zero-order chi connectivity index (χ0) is 22.7. The van der Waals surface area contributed by atoms with Gasteiger partial charge < -0.3 is 14.2 Å². The summed E-state index contributed by atoms with van der Waals surface area (Å²) in [4.78, 5) is 33.4. The van der Waals surface area contributed by atoms with Gasteiger partial charge in [0.25, 0.3) is 0 Å².